The molecule has 0 radical (unpaired) electrons. The molecule has 9 heteroatoms. The molecular weight excluding hydrogens is 538 g/mol. The molecule has 0 aliphatic heterocycles. The minimum Gasteiger partial charge on any atom is -0.494 e. The quantitative estimate of drug-likeness (QED) is 0.143. The molecule has 0 atom stereocenters. The molecular formula is C33H39NO8. The van der Waals surface area contributed by atoms with Gasteiger partial charge in [-0.05, 0) is 60.0 Å². The average Bonchev–Trinajstić information content (AvgIpc) is 2.97. The van der Waals surface area contributed by atoms with E-state index in [9.17, 15) is 14.4 Å². The van der Waals surface area contributed by atoms with E-state index in [0.717, 1.165) is 38.4 Å². The highest BCUT2D eigenvalue weighted by atomic mass is 16.5. The standard InChI is InChI=1S/C27H31NO.C6H8O7/c1-3-28(4-2)20-11-21-29-26-18-16-25(17-19-26)27(24-14-9-6-10-15-24)22-23-12-7-5-8-13-23;7-3(8)1-6(13,5(11)12)2-4(9)10/h5-10,12-19,22H,3-4,11,20-21H2,1-2H3;13H,1-2H2,(H,7,8)(H,9,10)(H,11,12)/b27-22-;. The SMILES string of the molecule is CCN(CC)CCCOc1ccc(/C(=C\c2ccccc2)c2ccccc2)cc1.O=C(O)CC(O)(CC(=O)O)C(=O)O. The Kier molecular flexibility index (Phi) is 13.9. The lowest BCUT2D eigenvalue weighted by atomic mass is 9.95. The van der Waals surface area contributed by atoms with Crippen molar-refractivity contribution in [2.75, 3.05) is 26.2 Å². The number of hydrogen-bond donors (Lipinski definition) is 4. The van der Waals surface area contributed by atoms with Crippen molar-refractivity contribution >= 4 is 29.6 Å². The van der Waals surface area contributed by atoms with Crippen LogP contribution in [0.2, 0.25) is 0 Å². The third-order valence-corrected chi connectivity index (χ3v) is 6.43. The summed E-state index contributed by atoms with van der Waals surface area (Å²) in [4.78, 5) is 32.9. The monoisotopic (exact) mass is 577 g/mol. The molecule has 0 spiro atoms. The first-order valence-electron chi connectivity index (χ1n) is 13.7. The van der Waals surface area contributed by atoms with Gasteiger partial charge in [0.25, 0.3) is 0 Å². The zero-order chi connectivity index (χ0) is 31.0. The topological polar surface area (TPSA) is 145 Å². The number of aliphatic carboxylic acids is 3. The van der Waals surface area contributed by atoms with Crippen molar-refractivity contribution in [3.63, 3.8) is 0 Å². The lowest BCUT2D eigenvalue weighted by Crippen LogP contribution is -2.42. The molecule has 3 rings (SSSR count). The van der Waals surface area contributed by atoms with E-state index in [1.807, 2.05) is 6.07 Å². The number of hydrogen-bond acceptors (Lipinski definition) is 6. The molecule has 42 heavy (non-hydrogen) atoms. The van der Waals surface area contributed by atoms with Crippen LogP contribution in [0.25, 0.3) is 11.6 Å². The molecule has 0 aliphatic rings. The number of carboxylic acid groups (broad SMARTS) is 3. The number of aliphatic hydroxyl groups is 1. The van der Waals surface area contributed by atoms with E-state index >= 15 is 0 Å². The highest BCUT2D eigenvalue weighted by Gasteiger charge is 2.40. The molecule has 224 valence electrons. The summed E-state index contributed by atoms with van der Waals surface area (Å²) in [5, 5.41) is 33.8. The van der Waals surface area contributed by atoms with Gasteiger partial charge in [-0.1, -0.05) is 86.6 Å². The molecule has 0 saturated carbocycles. The second-order valence-corrected chi connectivity index (χ2v) is 9.57. The van der Waals surface area contributed by atoms with Gasteiger partial charge in [-0.2, -0.15) is 0 Å². The summed E-state index contributed by atoms with van der Waals surface area (Å²) in [5.74, 6) is -4.09. The molecule has 0 unspecified atom stereocenters. The van der Waals surface area contributed by atoms with Gasteiger partial charge >= 0.3 is 17.9 Å². The van der Waals surface area contributed by atoms with Crippen LogP contribution in [0.1, 0.15) is 49.8 Å². The fourth-order valence-electron chi connectivity index (χ4n) is 4.13. The molecule has 3 aromatic rings. The lowest BCUT2D eigenvalue weighted by Gasteiger charge is -2.18. The maximum atomic E-state index is 10.3. The van der Waals surface area contributed by atoms with Crippen LogP contribution in [0.5, 0.6) is 5.75 Å². The van der Waals surface area contributed by atoms with Crippen LogP contribution in [0.3, 0.4) is 0 Å². The Morgan fingerprint density at radius 1 is 0.762 bits per heavy atom. The van der Waals surface area contributed by atoms with E-state index in [0.29, 0.717) is 0 Å². The predicted molar refractivity (Wildman–Crippen MR) is 161 cm³/mol. The van der Waals surface area contributed by atoms with Gasteiger partial charge in [-0.25, -0.2) is 4.79 Å². The first-order valence-corrected chi connectivity index (χ1v) is 13.7. The Morgan fingerprint density at radius 3 is 1.74 bits per heavy atom. The Labute approximate surface area is 246 Å². The number of carboxylic acids is 3. The fourth-order valence-corrected chi connectivity index (χ4v) is 4.13. The van der Waals surface area contributed by atoms with Crippen molar-refractivity contribution in [2.24, 2.45) is 0 Å². The van der Waals surface area contributed by atoms with Crippen molar-refractivity contribution in [3.8, 4) is 5.75 Å². The highest BCUT2D eigenvalue weighted by Crippen LogP contribution is 2.27. The number of nitrogens with zero attached hydrogens (tertiary/aromatic N) is 1. The average molecular weight is 578 g/mol. The van der Waals surface area contributed by atoms with Crippen LogP contribution in [0, 0.1) is 0 Å². The van der Waals surface area contributed by atoms with Gasteiger partial charge in [0.05, 0.1) is 19.4 Å². The molecule has 0 aromatic heterocycles. The second kappa shape index (κ2) is 17.4. The van der Waals surface area contributed by atoms with E-state index in [1.54, 1.807) is 0 Å². The molecule has 3 aromatic carbocycles. The maximum Gasteiger partial charge on any atom is 0.336 e. The molecule has 0 saturated heterocycles. The molecule has 0 fully saturated rings. The molecule has 0 aliphatic carbocycles. The van der Waals surface area contributed by atoms with E-state index < -0.39 is 36.4 Å². The second-order valence-electron chi connectivity index (χ2n) is 9.57. The Bertz CT molecular complexity index is 1270. The van der Waals surface area contributed by atoms with Gasteiger partial charge in [-0.3, -0.25) is 9.59 Å². The zero-order valence-electron chi connectivity index (χ0n) is 24.0. The summed E-state index contributed by atoms with van der Waals surface area (Å²) in [7, 11) is 0. The van der Waals surface area contributed by atoms with Gasteiger partial charge < -0.3 is 30.1 Å². The largest absolute Gasteiger partial charge is 0.494 e. The van der Waals surface area contributed by atoms with Crippen LogP contribution < -0.4 is 4.74 Å². The van der Waals surface area contributed by atoms with Gasteiger partial charge in [0.15, 0.2) is 5.60 Å². The minimum atomic E-state index is -2.74. The first-order chi connectivity index (χ1) is 20.1. The van der Waals surface area contributed by atoms with E-state index in [4.69, 9.17) is 25.2 Å². The van der Waals surface area contributed by atoms with Gasteiger partial charge in [0.2, 0.25) is 0 Å². The first kappa shape index (κ1) is 33.7. The third-order valence-electron chi connectivity index (χ3n) is 6.43. The predicted octanol–water partition coefficient (Wildman–Crippen LogP) is 5.14. The smallest absolute Gasteiger partial charge is 0.336 e. The third kappa shape index (κ3) is 11.6. The van der Waals surface area contributed by atoms with E-state index in [2.05, 4.69) is 104 Å². The Hall–Kier alpha value is -4.47. The van der Waals surface area contributed by atoms with Crippen molar-refractivity contribution in [1.29, 1.82) is 0 Å². The summed E-state index contributed by atoms with van der Waals surface area (Å²) in [5.41, 5.74) is 2.07. The zero-order valence-corrected chi connectivity index (χ0v) is 24.0. The number of rotatable bonds is 15. The fraction of sp³-hybridized carbons (Fsp3) is 0.303. The van der Waals surface area contributed by atoms with Crippen LogP contribution in [0.15, 0.2) is 84.9 Å². The van der Waals surface area contributed by atoms with E-state index in [1.165, 1.54) is 22.3 Å². The van der Waals surface area contributed by atoms with E-state index in [-0.39, 0.29) is 0 Å². The summed E-state index contributed by atoms with van der Waals surface area (Å²) < 4.78 is 5.96. The minimum absolute atomic E-state index is 0.751. The Balaban J connectivity index is 0.000000401. The van der Waals surface area contributed by atoms with Crippen molar-refractivity contribution < 1.29 is 39.5 Å². The van der Waals surface area contributed by atoms with Crippen LogP contribution in [-0.4, -0.2) is 75.1 Å². The molecule has 4 N–H and O–H groups in total. The summed E-state index contributed by atoms with van der Waals surface area (Å²) in [6.45, 7) is 8.44. The van der Waals surface area contributed by atoms with Crippen molar-refractivity contribution in [1.82, 2.24) is 4.90 Å². The van der Waals surface area contributed by atoms with Crippen LogP contribution in [0.4, 0.5) is 0 Å². The number of ether oxygens (including phenoxy) is 1. The molecule has 0 heterocycles. The van der Waals surface area contributed by atoms with Crippen LogP contribution >= 0.6 is 0 Å². The van der Waals surface area contributed by atoms with Gasteiger partial charge in [0.1, 0.15) is 5.75 Å². The lowest BCUT2D eigenvalue weighted by molar-refractivity contribution is -0.170. The molecule has 0 bridgehead atoms. The number of benzene rings is 3. The van der Waals surface area contributed by atoms with Crippen molar-refractivity contribution in [3.05, 3.63) is 102 Å². The summed E-state index contributed by atoms with van der Waals surface area (Å²) in [6, 6.07) is 29.5. The number of carbonyl (C=O) groups is 3. The summed E-state index contributed by atoms with van der Waals surface area (Å²) in [6.07, 6.45) is 1.01. The van der Waals surface area contributed by atoms with Gasteiger partial charge in [0, 0.05) is 6.54 Å². The highest BCUT2D eigenvalue weighted by molar-refractivity contribution is 5.91. The normalized spacial score (nSPS) is 11.4. The van der Waals surface area contributed by atoms with Crippen molar-refractivity contribution in [2.45, 2.75) is 38.7 Å². The molecule has 0 amide bonds. The summed E-state index contributed by atoms with van der Waals surface area (Å²) >= 11 is 0. The Morgan fingerprint density at radius 2 is 1.26 bits per heavy atom. The van der Waals surface area contributed by atoms with Crippen LogP contribution in [-0.2, 0) is 14.4 Å². The van der Waals surface area contributed by atoms with Gasteiger partial charge in [-0.15, -0.1) is 0 Å². The maximum absolute atomic E-state index is 10.3. The molecule has 9 nitrogen and oxygen atoms in total.